The summed E-state index contributed by atoms with van der Waals surface area (Å²) in [5.41, 5.74) is -2.60. The number of ether oxygens (including phenoxy) is 5. The first-order valence-electron chi connectivity index (χ1n) is 13.2. The van der Waals surface area contributed by atoms with Gasteiger partial charge in [-0.15, -0.1) is 0 Å². The van der Waals surface area contributed by atoms with Crippen LogP contribution in [0.25, 0.3) is 0 Å². The standard InChI is InChI=1S/C28H40O9/c1-15(2)24(32)36-19-10-9-16(3)26(7)21(19)25(6)11-12-28(13-20(31)33-14-28)37-27(25,8)23(35-18(5)30)22(26)34-17(4)29/h9,15,19,21-23H,10-14H2,1-8H3/t19-,21?,22+,23+,25-,26+,27+,28+/m1/s1. The van der Waals surface area contributed by atoms with Gasteiger partial charge in [0.05, 0.1) is 12.3 Å². The zero-order chi connectivity index (χ0) is 27.6. The molecule has 206 valence electrons. The normalized spacial score (nSPS) is 42.8. The Morgan fingerprint density at radius 2 is 1.62 bits per heavy atom. The molecule has 3 fully saturated rings. The van der Waals surface area contributed by atoms with E-state index in [-0.39, 0.29) is 36.8 Å². The van der Waals surface area contributed by atoms with E-state index in [0.29, 0.717) is 19.3 Å². The molecule has 0 radical (unpaired) electrons. The van der Waals surface area contributed by atoms with Crippen molar-refractivity contribution in [1.29, 1.82) is 0 Å². The van der Waals surface area contributed by atoms with Gasteiger partial charge in [0, 0.05) is 37.0 Å². The molecule has 0 bridgehead atoms. The number of hydrogen-bond acceptors (Lipinski definition) is 9. The summed E-state index contributed by atoms with van der Waals surface area (Å²) in [6, 6.07) is 0. The Morgan fingerprint density at radius 3 is 2.16 bits per heavy atom. The van der Waals surface area contributed by atoms with Crippen LogP contribution < -0.4 is 0 Å². The van der Waals surface area contributed by atoms with Gasteiger partial charge in [-0.2, -0.15) is 0 Å². The number of cyclic esters (lactones) is 1. The van der Waals surface area contributed by atoms with Crippen molar-refractivity contribution in [2.75, 3.05) is 6.61 Å². The summed E-state index contributed by atoms with van der Waals surface area (Å²) in [6.07, 6.45) is 1.38. The van der Waals surface area contributed by atoms with Gasteiger partial charge in [-0.25, -0.2) is 0 Å². The number of fused-ring (bicyclic) bond motifs is 3. The zero-order valence-corrected chi connectivity index (χ0v) is 23.2. The van der Waals surface area contributed by atoms with Crippen molar-refractivity contribution in [2.24, 2.45) is 22.7 Å². The summed E-state index contributed by atoms with van der Waals surface area (Å²) in [5, 5.41) is 0. The zero-order valence-electron chi connectivity index (χ0n) is 23.2. The van der Waals surface area contributed by atoms with Crippen molar-refractivity contribution in [3.63, 3.8) is 0 Å². The summed E-state index contributed by atoms with van der Waals surface area (Å²) >= 11 is 0. The molecule has 4 rings (SSSR count). The maximum absolute atomic E-state index is 12.8. The number of hydrogen-bond donors (Lipinski definition) is 0. The van der Waals surface area contributed by atoms with E-state index in [1.807, 2.05) is 26.8 Å². The van der Waals surface area contributed by atoms with Crippen molar-refractivity contribution >= 4 is 23.9 Å². The Labute approximate surface area is 218 Å². The molecule has 9 heteroatoms. The molecule has 0 N–H and O–H groups in total. The van der Waals surface area contributed by atoms with Crippen LogP contribution in [0.5, 0.6) is 0 Å². The predicted octanol–water partition coefficient (Wildman–Crippen LogP) is 3.66. The molecule has 0 amide bonds. The first kappa shape index (κ1) is 27.6. The van der Waals surface area contributed by atoms with Crippen molar-refractivity contribution in [2.45, 2.75) is 111 Å². The minimum absolute atomic E-state index is 0.0936. The molecule has 4 aliphatic rings. The van der Waals surface area contributed by atoms with Gasteiger partial charge in [-0.3, -0.25) is 19.2 Å². The van der Waals surface area contributed by atoms with Crippen LogP contribution in [-0.2, 0) is 42.9 Å². The largest absolute Gasteiger partial charge is 0.463 e. The van der Waals surface area contributed by atoms with E-state index >= 15 is 0 Å². The van der Waals surface area contributed by atoms with Gasteiger partial charge < -0.3 is 23.7 Å². The number of rotatable bonds is 4. The second-order valence-electron chi connectivity index (χ2n) is 12.2. The molecule has 2 aliphatic carbocycles. The van der Waals surface area contributed by atoms with Crippen LogP contribution in [-0.4, -0.2) is 60.0 Å². The molecular weight excluding hydrogens is 480 g/mol. The van der Waals surface area contributed by atoms with Gasteiger partial charge in [-0.1, -0.05) is 39.3 Å². The Balaban J connectivity index is 1.93. The average Bonchev–Trinajstić information content (AvgIpc) is 3.14. The first-order valence-corrected chi connectivity index (χ1v) is 13.2. The predicted molar refractivity (Wildman–Crippen MR) is 131 cm³/mol. The fraction of sp³-hybridized carbons (Fsp3) is 0.786. The monoisotopic (exact) mass is 520 g/mol. The maximum atomic E-state index is 12.8. The van der Waals surface area contributed by atoms with E-state index in [1.165, 1.54) is 13.8 Å². The highest BCUT2D eigenvalue weighted by Crippen LogP contribution is 2.68. The average molecular weight is 521 g/mol. The minimum atomic E-state index is -1.19. The molecule has 8 atom stereocenters. The molecular formula is C28H40O9. The summed E-state index contributed by atoms with van der Waals surface area (Å²) in [4.78, 5) is 50.0. The molecule has 1 saturated carbocycles. The lowest BCUT2D eigenvalue weighted by molar-refractivity contribution is -0.349. The highest BCUT2D eigenvalue weighted by Gasteiger charge is 2.76. The van der Waals surface area contributed by atoms with Crippen molar-refractivity contribution in [3.05, 3.63) is 11.6 Å². The van der Waals surface area contributed by atoms with E-state index < -0.39 is 52.3 Å². The van der Waals surface area contributed by atoms with E-state index in [4.69, 9.17) is 23.7 Å². The van der Waals surface area contributed by atoms with Gasteiger partial charge in [-0.05, 0) is 26.7 Å². The first-order chi connectivity index (χ1) is 17.1. The molecule has 1 unspecified atom stereocenters. The lowest BCUT2D eigenvalue weighted by Gasteiger charge is -2.70. The molecule has 2 heterocycles. The van der Waals surface area contributed by atoms with Crippen LogP contribution >= 0.6 is 0 Å². The summed E-state index contributed by atoms with van der Waals surface area (Å²) in [7, 11) is 0. The van der Waals surface area contributed by atoms with Gasteiger partial charge in [0.2, 0.25) is 0 Å². The molecule has 0 aromatic carbocycles. The fourth-order valence-electron chi connectivity index (χ4n) is 7.48. The Kier molecular flexibility index (Phi) is 6.79. The van der Waals surface area contributed by atoms with Crippen LogP contribution in [0.4, 0.5) is 0 Å². The van der Waals surface area contributed by atoms with Crippen molar-refractivity contribution in [1.82, 2.24) is 0 Å². The molecule has 1 spiro atoms. The Morgan fingerprint density at radius 1 is 1.00 bits per heavy atom. The Hall–Kier alpha value is -2.42. The third-order valence-corrected chi connectivity index (χ3v) is 9.57. The van der Waals surface area contributed by atoms with E-state index in [0.717, 1.165) is 5.57 Å². The number of esters is 4. The number of carbonyl (C=O) groups excluding carboxylic acids is 4. The molecule has 0 aromatic heterocycles. The summed E-state index contributed by atoms with van der Waals surface area (Å²) in [6.45, 7) is 14.3. The quantitative estimate of drug-likeness (QED) is 0.311. The summed E-state index contributed by atoms with van der Waals surface area (Å²) in [5.74, 6) is -2.34. The number of carbonyl (C=O) groups is 4. The third-order valence-electron chi connectivity index (χ3n) is 9.57. The smallest absolute Gasteiger partial charge is 0.308 e. The van der Waals surface area contributed by atoms with E-state index in [1.54, 1.807) is 13.8 Å². The van der Waals surface area contributed by atoms with Crippen LogP contribution in [0.3, 0.4) is 0 Å². The van der Waals surface area contributed by atoms with Crippen molar-refractivity contribution < 1.29 is 42.9 Å². The second kappa shape index (κ2) is 9.10. The van der Waals surface area contributed by atoms with Gasteiger partial charge in [0.25, 0.3) is 0 Å². The van der Waals surface area contributed by atoms with Gasteiger partial charge >= 0.3 is 23.9 Å². The minimum Gasteiger partial charge on any atom is -0.463 e. The molecule has 9 nitrogen and oxygen atoms in total. The fourth-order valence-corrected chi connectivity index (χ4v) is 7.48. The van der Waals surface area contributed by atoms with Crippen LogP contribution in [0.15, 0.2) is 11.6 Å². The van der Waals surface area contributed by atoms with Gasteiger partial charge in [0.15, 0.2) is 12.2 Å². The van der Waals surface area contributed by atoms with Crippen molar-refractivity contribution in [3.8, 4) is 0 Å². The SMILES string of the molecule is CC(=O)O[C@H]1[C@H](OC(C)=O)[C@]2(C)O[C@]3(CC[C@]2(C)C2[C@H](OC(=O)C(C)C)CC=C(C)[C@@]21C)COC(=O)C3. The maximum Gasteiger partial charge on any atom is 0.308 e. The lowest BCUT2D eigenvalue weighted by Crippen LogP contribution is -2.78. The highest BCUT2D eigenvalue weighted by molar-refractivity contribution is 5.73. The molecule has 0 aromatic rings. The molecule has 2 aliphatic heterocycles. The molecule has 2 saturated heterocycles. The van der Waals surface area contributed by atoms with E-state index in [9.17, 15) is 19.2 Å². The highest BCUT2D eigenvalue weighted by atomic mass is 16.6. The van der Waals surface area contributed by atoms with Crippen LogP contribution in [0.2, 0.25) is 0 Å². The van der Waals surface area contributed by atoms with Crippen LogP contribution in [0.1, 0.15) is 81.1 Å². The topological polar surface area (TPSA) is 114 Å². The lowest BCUT2D eigenvalue weighted by atomic mass is 9.41. The summed E-state index contributed by atoms with van der Waals surface area (Å²) < 4.78 is 30.3. The van der Waals surface area contributed by atoms with Crippen LogP contribution in [0, 0.1) is 22.7 Å². The third kappa shape index (κ3) is 4.17. The Bertz CT molecular complexity index is 1030. The van der Waals surface area contributed by atoms with E-state index in [2.05, 4.69) is 6.92 Å². The molecule has 37 heavy (non-hydrogen) atoms. The van der Waals surface area contributed by atoms with Gasteiger partial charge in [0.1, 0.15) is 23.9 Å². The second-order valence-corrected chi connectivity index (χ2v) is 12.2.